The first kappa shape index (κ1) is 24.0. The zero-order chi connectivity index (χ0) is 23.6. The third kappa shape index (κ3) is 6.65. The lowest BCUT2D eigenvalue weighted by Gasteiger charge is -2.31. The molecule has 3 aromatic carbocycles. The smallest absolute Gasteiger partial charge is 0.261 e. The van der Waals surface area contributed by atoms with Gasteiger partial charge in [0.25, 0.3) is 5.91 Å². The van der Waals surface area contributed by atoms with Gasteiger partial charge in [-0.15, -0.1) is 0 Å². The molecule has 33 heavy (non-hydrogen) atoms. The molecule has 0 fully saturated rings. The average molecular weight is 449 g/mol. The van der Waals surface area contributed by atoms with Gasteiger partial charge in [0.1, 0.15) is 17.6 Å². The molecule has 0 aliphatic carbocycles. The van der Waals surface area contributed by atoms with E-state index in [1.807, 2.05) is 62.4 Å². The molecule has 0 unspecified atom stereocenters. The largest absolute Gasteiger partial charge is 0.484 e. The Bertz CT molecular complexity index is 1070. The lowest BCUT2D eigenvalue weighted by molar-refractivity contribution is -0.142. The summed E-state index contributed by atoms with van der Waals surface area (Å²) in [5.74, 6) is -0.519. The molecule has 2 amide bonds. The van der Waals surface area contributed by atoms with Crippen molar-refractivity contribution >= 4 is 11.8 Å². The number of halogens is 1. The van der Waals surface area contributed by atoms with E-state index < -0.39 is 17.8 Å². The molecule has 3 aromatic rings. The van der Waals surface area contributed by atoms with E-state index in [0.717, 1.165) is 11.1 Å². The molecular formula is C27H29FN2O3. The number of para-hydroxylation sites is 1. The van der Waals surface area contributed by atoms with Gasteiger partial charge in [-0.05, 0) is 37.1 Å². The summed E-state index contributed by atoms with van der Waals surface area (Å²) in [5.41, 5.74) is 2.14. The summed E-state index contributed by atoms with van der Waals surface area (Å²) >= 11 is 0. The van der Waals surface area contributed by atoms with E-state index in [4.69, 9.17) is 4.74 Å². The number of likely N-dealkylation sites (N-methyl/N-ethyl adjacent to an activating group) is 1. The Labute approximate surface area is 194 Å². The molecular weight excluding hydrogens is 419 g/mol. The molecule has 6 heteroatoms. The van der Waals surface area contributed by atoms with Crippen LogP contribution in [-0.4, -0.2) is 35.9 Å². The van der Waals surface area contributed by atoms with E-state index in [1.54, 1.807) is 24.3 Å². The van der Waals surface area contributed by atoms with E-state index in [1.165, 1.54) is 11.0 Å². The predicted octanol–water partition coefficient (Wildman–Crippen LogP) is 4.29. The third-order valence-electron chi connectivity index (χ3n) is 5.37. The van der Waals surface area contributed by atoms with Crippen molar-refractivity contribution in [2.75, 3.05) is 13.2 Å². The summed E-state index contributed by atoms with van der Waals surface area (Å²) in [6, 6.07) is 22.3. The summed E-state index contributed by atoms with van der Waals surface area (Å²) < 4.78 is 20.3. The van der Waals surface area contributed by atoms with Crippen LogP contribution in [0.5, 0.6) is 5.75 Å². The van der Waals surface area contributed by atoms with Crippen LogP contribution in [0, 0.1) is 12.7 Å². The zero-order valence-electron chi connectivity index (χ0n) is 19.0. The van der Waals surface area contributed by atoms with E-state index in [2.05, 4.69) is 5.32 Å². The van der Waals surface area contributed by atoms with E-state index in [-0.39, 0.29) is 19.1 Å². The summed E-state index contributed by atoms with van der Waals surface area (Å²) in [6.45, 7) is 3.83. The monoisotopic (exact) mass is 448 g/mol. The number of ether oxygens (including phenoxy) is 1. The van der Waals surface area contributed by atoms with Gasteiger partial charge in [0.15, 0.2) is 6.61 Å². The minimum absolute atomic E-state index is 0.0444. The molecule has 0 bridgehead atoms. The van der Waals surface area contributed by atoms with Crippen LogP contribution in [0.2, 0.25) is 0 Å². The second-order valence-electron chi connectivity index (χ2n) is 7.77. The lowest BCUT2D eigenvalue weighted by Crippen LogP contribution is -2.51. The second kappa shape index (κ2) is 11.8. The molecule has 1 atom stereocenters. The molecule has 0 heterocycles. The van der Waals surface area contributed by atoms with Crippen LogP contribution >= 0.6 is 0 Å². The number of amides is 2. The predicted molar refractivity (Wildman–Crippen MR) is 126 cm³/mol. The van der Waals surface area contributed by atoms with Gasteiger partial charge in [0.2, 0.25) is 5.91 Å². The average Bonchev–Trinajstić information content (AvgIpc) is 2.82. The van der Waals surface area contributed by atoms with Crippen molar-refractivity contribution in [1.82, 2.24) is 10.2 Å². The Kier molecular flexibility index (Phi) is 8.58. The van der Waals surface area contributed by atoms with Crippen molar-refractivity contribution in [3.63, 3.8) is 0 Å². The molecule has 0 spiro atoms. The first-order chi connectivity index (χ1) is 16.0. The SMILES string of the molecule is CCNC(=O)[C@@H](Cc1ccccc1)N(Cc1ccccc1F)C(=O)COc1ccccc1C. The van der Waals surface area contributed by atoms with Gasteiger partial charge < -0.3 is 15.0 Å². The van der Waals surface area contributed by atoms with Crippen LogP contribution in [0.25, 0.3) is 0 Å². The molecule has 0 radical (unpaired) electrons. The van der Waals surface area contributed by atoms with Crippen LogP contribution in [-0.2, 0) is 22.6 Å². The van der Waals surface area contributed by atoms with Crippen molar-refractivity contribution in [2.24, 2.45) is 0 Å². The molecule has 3 rings (SSSR count). The Balaban J connectivity index is 1.91. The van der Waals surface area contributed by atoms with E-state index >= 15 is 0 Å². The number of nitrogens with one attached hydrogen (secondary N) is 1. The van der Waals surface area contributed by atoms with Crippen LogP contribution in [0.15, 0.2) is 78.9 Å². The van der Waals surface area contributed by atoms with Gasteiger partial charge in [-0.25, -0.2) is 4.39 Å². The summed E-state index contributed by atoms with van der Waals surface area (Å²) in [5, 5.41) is 2.82. The summed E-state index contributed by atoms with van der Waals surface area (Å²) in [6.07, 6.45) is 0.303. The van der Waals surface area contributed by atoms with Crippen molar-refractivity contribution in [2.45, 2.75) is 32.9 Å². The number of benzene rings is 3. The number of carbonyl (C=O) groups excluding carboxylic acids is 2. The maximum atomic E-state index is 14.5. The van der Waals surface area contributed by atoms with Gasteiger partial charge in [-0.1, -0.05) is 66.7 Å². The topological polar surface area (TPSA) is 58.6 Å². The van der Waals surface area contributed by atoms with E-state index in [0.29, 0.717) is 24.3 Å². The number of aryl methyl sites for hydroxylation is 1. The minimum atomic E-state index is -0.820. The maximum Gasteiger partial charge on any atom is 0.261 e. The first-order valence-corrected chi connectivity index (χ1v) is 11.0. The molecule has 1 N–H and O–H groups in total. The van der Waals surface area contributed by atoms with Crippen LogP contribution in [0.4, 0.5) is 4.39 Å². The van der Waals surface area contributed by atoms with Crippen molar-refractivity contribution in [3.05, 3.63) is 101 Å². The van der Waals surface area contributed by atoms with Crippen molar-refractivity contribution < 1.29 is 18.7 Å². The van der Waals surface area contributed by atoms with Crippen LogP contribution in [0.1, 0.15) is 23.6 Å². The highest BCUT2D eigenvalue weighted by atomic mass is 19.1. The van der Waals surface area contributed by atoms with Gasteiger partial charge in [0, 0.05) is 25.1 Å². The first-order valence-electron chi connectivity index (χ1n) is 11.0. The van der Waals surface area contributed by atoms with Crippen molar-refractivity contribution in [1.29, 1.82) is 0 Å². The third-order valence-corrected chi connectivity index (χ3v) is 5.37. The van der Waals surface area contributed by atoms with Gasteiger partial charge in [-0.3, -0.25) is 9.59 Å². The van der Waals surface area contributed by atoms with Crippen molar-refractivity contribution in [3.8, 4) is 5.75 Å². The number of hydrogen-bond donors (Lipinski definition) is 1. The highest BCUT2D eigenvalue weighted by Crippen LogP contribution is 2.19. The van der Waals surface area contributed by atoms with Gasteiger partial charge in [0.05, 0.1) is 0 Å². The highest BCUT2D eigenvalue weighted by molar-refractivity contribution is 5.88. The minimum Gasteiger partial charge on any atom is -0.484 e. The number of carbonyl (C=O) groups is 2. The molecule has 172 valence electrons. The molecule has 0 aliphatic rings. The van der Waals surface area contributed by atoms with Gasteiger partial charge in [-0.2, -0.15) is 0 Å². The quantitative estimate of drug-likeness (QED) is 0.503. The maximum absolute atomic E-state index is 14.5. The number of nitrogens with zero attached hydrogens (tertiary/aromatic N) is 1. The lowest BCUT2D eigenvalue weighted by atomic mass is 10.0. The Morgan fingerprint density at radius 2 is 1.64 bits per heavy atom. The van der Waals surface area contributed by atoms with Gasteiger partial charge >= 0.3 is 0 Å². The normalized spacial score (nSPS) is 11.5. The molecule has 0 aromatic heterocycles. The Morgan fingerprint density at radius 1 is 0.970 bits per heavy atom. The van der Waals surface area contributed by atoms with Crippen LogP contribution < -0.4 is 10.1 Å². The molecule has 0 saturated carbocycles. The van der Waals surface area contributed by atoms with Crippen LogP contribution in [0.3, 0.4) is 0 Å². The molecule has 0 saturated heterocycles. The number of rotatable bonds is 10. The summed E-state index contributed by atoms with van der Waals surface area (Å²) in [4.78, 5) is 27.9. The van der Waals surface area contributed by atoms with E-state index in [9.17, 15) is 14.0 Å². The Morgan fingerprint density at radius 3 is 2.33 bits per heavy atom. The fourth-order valence-electron chi connectivity index (χ4n) is 3.60. The Hall–Kier alpha value is -3.67. The standard InChI is InChI=1S/C27H29FN2O3/c1-3-29-27(32)24(17-21-12-5-4-6-13-21)30(18-22-14-8-9-15-23(22)28)26(31)19-33-25-16-10-7-11-20(25)2/h4-16,24H,3,17-19H2,1-2H3,(H,29,32)/t24-/m1/s1. The zero-order valence-corrected chi connectivity index (χ0v) is 19.0. The fourth-order valence-corrected chi connectivity index (χ4v) is 3.60. The molecule has 0 aliphatic heterocycles. The fraction of sp³-hybridized carbons (Fsp3) is 0.259. The molecule has 5 nitrogen and oxygen atoms in total. The second-order valence-corrected chi connectivity index (χ2v) is 7.77. The number of hydrogen-bond acceptors (Lipinski definition) is 3. The highest BCUT2D eigenvalue weighted by Gasteiger charge is 2.31. The summed E-state index contributed by atoms with van der Waals surface area (Å²) in [7, 11) is 0.